The summed E-state index contributed by atoms with van der Waals surface area (Å²) in [5.41, 5.74) is -0.919. The van der Waals surface area contributed by atoms with Gasteiger partial charge in [0.1, 0.15) is 6.04 Å². The van der Waals surface area contributed by atoms with E-state index in [1.807, 2.05) is 27.7 Å². The molecule has 0 spiro atoms. The average Bonchev–Trinajstić information content (AvgIpc) is 2.59. The number of carboxylic acids is 1. The molecule has 0 radical (unpaired) electrons. The molecule has 1 heterocycles. The van der Waals surface area contributed by atoms with Gasteiger partial charge in [0, 0.05) is 0 Å². The first-order valence-electron chi connectivity index (χ1n) is 9.36. The van der Waals surface area contributed by atoms with Crippen LogP contribution in [0.3, 0.4) is 0 Å². The molecule has 8 heteroatoms. The largest absolute Gasteiger partial charge is 0.548 e. The van der Waals surface area contributed by atoms with Crippen molar-refractivity contribution >= 4 is 22.8 Å². The maximum absolute atomic E-state index is 12.9. The minimum Gasteiger partial charge on any atom is -0.548 e. The standard InChI is InChI=1S/C20H27N3O5/c1-11(2)9-15(19(26)27)21-17(24)16(10-12(3)4)23-18(25)13-7-5-6-8-14(13)22-20(23)28/h5-8,11-12,15-16H,9-10H2,1-4H3,(H,21,24)(H,22,28)(H,26,27)/p-1/t15-,16+/m1/s1. The molecule has 0 aliphatic rings. The molecule has 2 N–H and O–H groups in total. The number of hydrogen-bond acceptors (Lipinski definition) is 5. The summed E-state index contributed by atoms with van der Waals surface area (Å²) in [6, 6.07) is 4.20. The van der Waals surface area contributed by atoms with Crippen molar-refractivity contribution in [1.82, 2.24) is 14.9 Å². The van der Waals surface area contributed by atoms with Crippen LogP contribution in [0.4, 0.5) is 0 Å². The lowest BCUT2D eigenvalue weighted by atomic mass is 10.0. The molecule has 1 aromatic heterocycles. The van der Waals surface area contributed by atoms with Gasteiger partial charge in [0.15, 0.2) is 0 Å². The summed E-state index contributed by atoms with van der Waals surface area (Å²) in [6.45, 7) is 7.36. The zero-order valence-corrected chi connectivity index (χ0v) is 16.5. The first-order valence-corrected chi connectivity index (χ1v) is 9.36. The highest BCUT2D eigenvalue weighted by molar-refractivity contribution is 5.86. The first kappa shape index (κ1) is 21.4. The van der Waals surface area contributed by atoms with Gasteiger partial charge in [-0.25, -0.2) is 9.36 Å². The van der Waals surface area contributed by atoms with Gasteiger partial charge >= 0.3 is 5.69 Å². The fourth-order valence-corrected chi connectivity index (χ4v) is 3.19. The second-order valence-electron chi connectivity index (χ2n) is 7.81. The Morgan fingerprint density at radius 2 is 1.68 bits per heavy atom. The number of aromatic nitrogens is 2. The van der Waals surface area contributed by atoms with E-state index in [9.17, 15) is 24.3 Å². The number of carboxylic acid groups (broad SMARTS) is 1. The number of benzene rings is 1. The number of carbonyl (C=O) groups excluding carboxylic acids is 2. The zero-order chi connectivity index (χ0) is 21.0. The molecule has 0 aliphatic carbocycles. The van der Waals surface area contributed by atoms with Gasteiger partial charge in [-0.1, -0.05) is 39.8 Å². The van der Waals surface area contributed by atoms with Crippen LogP contribution in [0.5, 0.6) is 0 Å². The predicted octanol–water partition coefficient (Wildman–Crippen LogP) is 0.558. The molecule has 0 saturated heterocycles. The van der Waals surface area contributed by atoms with Crippen LogP contribution in [0.15, 0.2) is 33.9 Å². The van der Waals surface area contributed by atoms with Crippen molar-refractivity contribution in [2.24, 2.45) is 11.8 Å². The van der Waals surface area contributed by atoms with Crippen molar-refractivity contribution in [3.63, 3.8) is 0 Å². The van der Waals surface area contributed by atoms with Gasteiger partial charge in [-0.05, 0) is 36.8 Å². The van der Waals surface area contributed by atoms with Crippen LogP contribution in [0, 0.1) is 11.8 Å². The molecule has 0 saturated carbocycles. The van der Waals surface area contributed by atoms with Crippen LogP contribution in [-0.4, -0.2) is 27.5 Å². The smallest absolute Gasteiger partial charge is 0.329 e. The van der Waals surface area contributed by atoms with Gasteiger partial charge in [0.25, 0.3) is 5.56 Å². The molecule has 8 nitrogen and oxygen atoms in total. The number of fused-ring (bicyclic) bond motifs is 1. The average molecular weight is 388 g/mol. The molecule has 0 fully saturated rings. The number of nitrogens with one attached hydrogen (secondary N) is 2. The summed E-state index contributed by atoms with van der Waals surface area (Å²) < 4.78 is 0.874. The van der Waals surface area contributed by atoms with Crippen molar-refractivity contribution in [2.75, 3.05) is 0 Å². The number of para-hydroxylation sites is 1. The van der Waals surface area contributed by atoms with Crippen LogP contribution in [0.1, 0.15) is 46.6 Å². The monoisotopic (exact) mass is 388 g/mol. The highest BCUT2D eigenvalue weighted by atomic mass is 16.4. The number of amides is 1. The minimum absolute atomic E-state index is 0.0125. The molecule has 2 rings (SSSR count). The molecule has 2 aromatic rings. The van der Waals surface area contributed by atoms with Crippen LogP contribution in [0.2, 0.25) is 0 Å². The molecule has 152 valence electrons. The van der Waals surface area contributed by atoms with Crippen molar-refractivity contribution < 1.29 is 14.7 Å². The second kappa shape index (κ2) is 8.86. The van der Waals surface area contributed by atoms with E-state index in [0.29, 0.717) is 5.52 Å². The summed E-state index contributed by atoms with van der Waals surface area (Å²) in [4.78, 5) is 52.4. The van der Waals surface area contributed by atoms with Gasteiger partial charge in [-0.15, -0.1) is 0 Å². The van der Waals surface area contributed by atoms with E-state index in [1.54, 1.807) is 24.3 Å². The highest BCUT2D eigenvalue weighted by Crippen LogP contribution is 2.17. The summed E-state index contributed by atoms with van der Waals surface area (Å²) >= 11 is 0. The van der Waals surface area contributed by atoms with Gasteiger partial charge in [-0.3, -0.25) is 9.59 Å². The summed E-state index contributed by atoms with van der Waals surface area (Å²) in [5.74, 6) is -2.09. The van der Waals surface area contributed by atoms with Crippen LogP contribution in [0.25, 0.3) is 10.9 Å². The molecular weight excluding hydrogens is 362 g/mol. The molecule has 28 heavy (non-hydrogen) atoms. The van der Waals surface area contributed by atoms with Gasteiger partial charge in [-0.2, -0.15) is 0 Å². The first-order chi connectivity index (χ1) is 13.1. The fraction of sp³-hybridized carbons (Fsp3) is 0.500. The Morgan fingerprint density at radius 1 is 1.07 bits per heavy atom. The Balaban J connectivity index is 2.51. The molecule has 1 amide bonds. The molecule has 1 aromatic carbocycles. The SMILES string of the molecule is CC(C)C[C@@H](NC(=O)[C@H](CC(C)C)n1c(=O)[nH]c2ccccc2c1=O)C(=O)[O-]. The van der Waals surface area contributed by atoms with Crippen molar-refractivity contribution in [3.8, 4) is 0 Å². The Morgan fingerprint density at radius 3 is 2.25 bits per heavy atom. The van der Waals surface area contributed by atoms with E-state index in [1.165, 1.54) is 0 Å². The normalized spacial score (nSPS) is 13.6. The molecule has 0 unspecified atom stereocenters. The van der Waals surface area contributed by atoms with Gasteiger partial charge < -0.3 is 20.2 Å². The third-order valence-corrected chi connectivity index (χ3v) is 4.45. The Kier molecular flexibility index (Phi) is 6.77. The van der Waals surface area contributed by atoms with Crippen LogP contribution in [-0.2, 0) is 9.59 Å². The lowest BCUT2D eigenvalue weighted by Gasteiger charge is -2.26. The maximum Gasteiger partial charge on any atom is 0.329 e. The number of aromatic amines is 1. The number of carbonyl (C=O) groups is 2. The third-order valence-electron chi connectivity index (χ3n) is 4.45. The van der Waals surface area contributed by atoms with E-state index < -0.39 is 35.2 Å². The molecule has 2 atom stereocenters. The van der Waals surface area contributed by atoms with E-state index in [-0.39, 0.29) is 30.1 Å². The molecule has 0 aliphatic heterocycles. The Labute approximate surface area is 162 Å². The van der Waals surface area contributed by atoms with Crippen LogP contribution >= 0.6 is 0 Å². The lowest BCUT2D eigenvalue weighted by Crippen LogP contribution is -2.52. The number of hydrogen-bond donors (Lipinski definition) is 2. The van der Waals surface area contributed by atoms with E-state index in [4.69, 9.17) is 0 Å². The van der Waals surface area contributed by atoms with Gasteiger partial charge in [0.2, 0.25) is 5.91 Å². The number of nitrogens with zero attached hydrogens (tertiary/aromatic N) is 1. The topological polar surface area (TPSA) is 124 Å². The van der Waals surface area contributed by atoms with Crippen molar-refractivity contribution in [3.05, 3.63) is 45.1 Å². The third kappa shape index (κ3) is 4.88. The number of H-pyrrole nitrogens is 1. The van der Waals surface area contributed by atoms with E-state index in [2.05, 4.69) is 10.3 Å². The Hall–Kier alpha value is -2.90. The quantitative estimate of drug-likeness (QED) is 0.684. The zero-order valence-electron chi connectivity index (χ0n) is 16.5. The van der Waals surface area contributed by atoms with E-state index in [0.717, 1.165) is 4.57 Å². The summed E-state index contributed by atoms with van der Waals surface area (Å²) in [7, 11) is 0. The second-order valence-corrected chi connectivity index (χ2v) is 7.81. The van der Waals surface area contributed by atoms with Gasteiger partial charge in [0.05, 0.1) is 22.9 Å². The number of rotatable bonds is 8. The number of aliphatic carboxylic acids is 1. The summed E-state index contributed by atoms with van der Waals surface area (Å²) in [5, 5.41) is 14.1. The fourth-order valence-electron chi connectivity index (χ4n) is 3.19. The highest BCUT2D eigenvalue weighted by Gasteiger charge is 2.28. The van der Waals surface area contributed by atoms with E-state index >= 15 is 0 Å². The Bertz CT molecular complexity index is 974. The lowest BCUT2D eigenvalue weighted by molar-refractivity contribution is -0.308. The minimum atomic E-state index is -1.40. The van der Waals surface area contributed by atoms with Crippen LogP contribution < -0.4 is 21.7 Å². The molecular formula is C20H26N3O5-. The molecule has 0 bridgehead atoms. The van der Waals surface area contributed by atoms with Crippen molar-refractivity contribution in [2.45, 2.75) is 52.6 Å². The summed E-state index contributed by atoms with van der Waals surface area (Å²) in [6.07, 6.45) is 0.389. The predicted molar refractivity (Wildman–Crippen MR) is 104 cm³/mol. The maximum atomic E-state index is 12.9. The van der Waals surface area contributed by atoms with Crippen molar-refractivity contribution in [1.29, 1.82) is 0 Å².